The molecular formula is C11H15N3O3S. The van der Waals surface area contributed by atoms with Crippen LogP contribution in [0.1, 0.15) is 31.9 Å². The van der Waals surface area contributed by atoms with Crippen molar-refractivity contribution >= 4 is 28.1 Å². The summed E-state index contributed by atoms with van der Waals surface area (Å²) in [4.78, 5) is 16.0. The molecule has 0 aliphatic carbocycles. The maximum Gasteiger partial charge on any atom is 0.255 e. The lowest BCUT2D eigenvalue weighted by molar-refractivity contribution is -0.129. The number of aromatic nitrogens is 1. The Balaban J connectivity index is 1.96. The Labute approximate surface area is 109 Å². The molecule has 1 atom stereocenters. The number of amides is 1. The summed E-state index contributed by atoms with van der Waals surface area (Å²) in [6.07, 6.45) is 2.40. The van der Waals surface area contributed by atoms with Gasteiger partial charge < -0.3 is 9.94 Å². The molecule has 0 aromatic carbocycles. The van der Waals surface area contributed by atoms with Gasteiger partial charge in [0.1, 0.15) is 17.5 Å². The van der Waals surface area contributed by atoms with E-state index >= 15 is 0 Å². The van der Waals surface area contributed by atoms with Crippen molar-refractivity contribution < 1.29 is 14.7 Å². The third kappa shape index (κ3) is 3.05. The van der Waals surface area contributed by atoms with E-state index in [0.717, 1.165) is 19.3 Å². The number of carbonyl (C=O) groups is 1. The molecule has 1 aliphatic heterocycles. The number of nitrogens with zero attached hydrogens (tertiary/aromatic N) is 2. The number of carbonyl (C=O) groups excluding carboxylic acids is 1. The van der Waals surface area contributed by atoms with Crippen LogP contribution in [0.4, 0.5) is 5.13 Å². The lowest BCUT2D eigenvalue weighted by Crippen LogP contribution is -2.33. The molecule has 1 aromatic rings. The van der Waals surface area contributed by atoms with Crippen molar-refractivity contribution in [1.82, 2.24) is 4.98 Å². The standard InChI is InChI=1S/C11H15N3O3S/c1-7(14-16)8-6-18-11(12-8)13-10(15)9-4-2-3-5-17-9/h6,9,16H,2-5H2,1H3,(H,12,13,15)/b14-7+. The van der Waals surface area contributed by atoms with E-state index in [1.807, 2.05) is 0 Å². The van der Waals surface area contributed by atoms with Crippen molar-refractivity contribution in [3.63, 3.8) is 0 Å². The van der Waals surface area contributed by atoms with Crippen LogP contribution in [0.15, 0.2) is 10.5 Å². The third-order valence-electron chi connectivity index (χ3n) is 2.73. The fraction of sp³-hybridized carbons (Fsp3) is 0.545. The van der Waals surface area contributed by atoms with Gasteiger partial charge in [0.25, 0.3) is 5.91 Å². The molecule has 6 nitrogen and oxygen atoms in total. The second kappa shape index (κ2) is 5.92. The smallest absolute Gasteiger partial charge is 0.255 e. The van der Waals surface area contributed by atoms with Gasteiger partial charge >= 0.3 is 0 Å². The summed E-state index contributed by atoms with van der Waals surface area (Å²) in [5.74, 6) is -0.158. The molecule has 0 radical (unpaired) electrons. The van der Waals surface area contributed by atoms with Crippen LogP contribution in [-0.2, 0) is 9.53 Å². The molecule has 1 saturated heterocycles. The Morgan fingerprint density at radius 2 is 2.50 bits per heavy atom. The molecule has 98 valence electrons. The first-order valence-corrected chi connectivity index (χ1v) is 6.65. The number of hydrogen-bond acceptors (Lipinski definition) is 6. The zero-order valence-corrected chi connectivity index (χ0v) is 10.9. The minimum absolute atomic E-state index is 0.158. The van der Waals surface area contributed by atoms with Crippen molar-refractivity contribution in [2.45, 2.75) is 32.3 Å². The van der Waals surface area contributed by atoms with Gasteiger partial charge in [-0.15, -0.1) is 11.3 Å². The first-order chi connectivity index (χ1) is 8.70. The Hall–Kier alpha value is -1.47. The highest BCUT2D eigenvalue weighted by Gasteiger charge is 2.22. The van der Waals surface area contributed by atoms with E-state index < -0.39 is 0 Å². The first-order valence-electron chi connectivity index (χ1n) is 5.77. The van der Waals surface area contributed by atoms with E-state index in [9.17, 15) is 4.79 Å². The molecule has 0 saturated carbocycles. The van der Waals surface area contributed by atoms with E-state index in [0.29, 0.717) is 23.1 Å². The van der Waals surface area contributed by atoms with E-state index in [-0.39, 0.29) is 12.0 Å². The molecule has 0 bridgehead atoms. The normalized spacial score (nSPS) is 20.7. The highest BCUT2D eigenvalue weighted by molar-refractivity contribution is 7.14. The van der Waals surface area contributed by atoms with Gasteiger partial charge in [-0.1, -0.05) is 5.16 Å². The predicted octanol–water partition coefficient (Wildman–Crippen LogP) is 1.85. The molecule has 1 fully saturated rings. The monoisotopic (exact) mass is 269 g/mol. The lowest BCUT2D eigenvalue weighted by Gasteiger charge is -2.20. The van der Waals surface area contributed by atoms with Crippen LogP contribution in [0, 0.1) is 0 Å². The van der Waals surface area contributed by atoms with Gasteiger partial charge in [0.15, 0.2) is 5.13 Å². The summed E-state index contributed by atoms with van der Waals surface area (Å²) in [5, 5.41) is 16.6. The molecule has 2 rings (SSSR count). The van der Waals surface area contributed by atoms with Gasteiger partial charge in [-0.3, -0.25) is 10.1 Å². The summed E-state index contributed by atoms with van der Waals surface area (Å²) in [6, 6.07) is 0. The van der Waals surface area contributed by atoms with E-state index in [4.69, 9.17) is 9.94 Å². The molecule has 1 unspecified atom stereocenters. The number of anilines is 1. The number of ether oxygens (including phenoxy) is 1. The molecule has 1 aliphatic rings. The van der Waals surface area contributed by atoms with Crippen LogP contribution in [0.2, 0.25) is 0 Å². The van der Waals surface area contributed by atoms with Crippen LogP contribution in [0.25, 0.3) is 0 Å². The second-order valence-electron chi connectivity index (χ2n) is 4.07. The Morgan fingerprint density at radius 1 is 1.67 bits per heavy atom. The first kappa shape index (κ1) is 13.0. The van der Waals surface area contributed by atoms with Crippen molar-refractivity contribution in [2.24, 2.45) is 5.16 Å². The van der Waals surface area contributed by atoms with E-state index in [2.05, 4.69) is 15.5 Å². The summed E-state index contributed by atoms with van der Waals surface area (Å²) in [6.45, 7) is 2.28. The summed E-state index contributed by atoms with van der Waals surface area (Å²) in [5.41, 5.74) is 0.975. The quantitative estimate of drug-likeness (QED) is 0.498. The second-order valence-corrected chi connectivity index (χ2v) is 4.93. The van der Waals surface area contributed by atoms with Gasteiger partial charge in [0.2, 0.25) is 0 Å². The Morgan fingerprint density at radius 3 is 3.17 bits per heavy atom. The average molecular weight is 269 g/mol. The van der Waals surface area contributed by atoms with Crippen LogP contribution in [-0.4, -0.2) is 34.5 Å². The van der Waals surface area contributed by atoms with Crippen molar-refractivity contribution in [3.8, 4) is 0 Å². The fourth-order valence-corrected chi connectivity index (χ4v) is 2.44. The van der Waals surface area contributed by atoms with Gasteiger partial charge in [0, 0.05) is 12.0 Å². The molecule has 2 N–H and O–H groups in total. The zero-order valence-electron chi connectivity index (χ0n) is 10.0. The van der Waals surface area contributed by atoms with Crippen LogP contribution in [0.3, 0.4) is 0 Å². The number of hydrogen-bond donors (Lipinski definition) is 2. The fourth-order valence-electron chi connectivity index (χ4n) is 1.68. The maximum atomic E-state index is 11.9. The van der Waals surface area contributed by atoms with Gasteiger partial charge in [-0.05, 0) is 26.2 Å². The Bertz CT molecular complexity index is 452. The molecule has 18 heavy (non-hydrogen) atoms. The largest absolute Gasteiger partial charge is 0.411 e. The average Bonchev–Trinajstić information content (AvgIpc) is 2.87. The highest BCUT2D eigenvalue weighted by Crippen LogP contribution is 2.19. The van der Waals surface area contributed by atoms with Crippen LogP contribution >= 0.6 is 11.3 Å². The van der Waals surface area contributed by atoms with Crippen molar-refractivity contribution in [3.05, 3.63) is 11.1 Å². The van der Waals surface area contributed by atoms with E-state index in [1.165, 1.54) is 11.3 Å². The summed E-state index contributed by atoms with van der Waals surface area (Å²) >= 11 is 1.30. The molecule has 0 spiro atoms. The number of oxime groups is 1. The van der Waals surface area contributed by atoms with Gasteiger partial charge in [-0.2, -0.15) is 0 Å². The number of thiazole rings is 1. The predicted molar refractivity (Wildman–Crippen MR) is 68.3 cm³/mol. The molecule has 1 amide bonds. The number of nitrogens with one attached hydrogen (secondary N) is 1. The summed E-state index contributed by atoms with van der Waals surface area (Å²) in [7, 11) is 0. The SMILES string of the molecule is C/C(=N\O)c1csc(NC(=O)C2CCCCO2)n1. The lowest BCUT2D eigenvalue weighted by atomic mass is 10.1. The molecule has 1 aromatic heterocycles. The van der Waals surface area contributed by atoms with Crippen molar-refractivity contribution in [1.29, 1.82) is 0 Å². The third-order valence-corrected chi connectivity index (χ3v) is 3.48. The number of rotatable bonds is 3. The van der Waals surface area contributed by atoms with Gasteiger partial charge in [-0.25, -0.2) is 4.98 Å². The van der Waals surface area contributed by atoms with Gasteiger partial charge in [0.05, 0.1) is 0 Å². The topological polar surface area (TPSA) is 83.8 Å². The minimum atomic E-state index is -0.376. The summed E-state index contributed by atoms with van der Waals surface area (Å²) < 4.78 is 5.39. The molecule has 2 heterocycles. The van der Waals surface area contributed by atoms with Crippen LogP contribution in [0.5, 0.6) is 0 Å². The maximum absolute atomic E-state index is 11.9. The Kier molecular flexibility index (Phi) is 4.27. The highest BCUT2D eigenvalue weighted by atomic mass is 32.1. The zero-order chi connectivity index (χ0) is 13.0. The van der Waals surface area contributed by atoms with Crippen molar-refractivity contribution in [2.75, 3.05) is 11.9 Å². The molecule has 7 heteroatoms. The van der Waals surface area contributed by atoms with Crippen LogP contribution < -0.4 is 5.32 Å². The molecular weight excluding hydrogens is 254 g/mol. The minimum Gasteiger partial charge on any atom is -0.411 e. The van der Waals surface area contributed by atoms with E-state index in [1.54, 1.807) is 12.3 Å².